The predicted molar refractivity (Wildman–Crippen MR) is 157 cm³/mol. The van der Waals surface area contributed by atoms with Crippen LogP contribution in [-0.2, 0) is 51.2 Å². The number of nitrogens with zero attached hydrogens (tertiary/aromatic N) is 2. The van der Waals surface area contributed by atoms with Gasteiger partial charge >= 0.3 is 28.4 Å². The summed E-state index contributed by atoms with van der Waals surface area (Å²) in [6.45, 7) is 4.22. The first-order chi connectivity index (χ1) is 18.5. The molecule has 6 aromatic rings. The van der Waals surface area contributed by atoms with E-state index in [2.05, 4.69) is 126 Å². The standard InChI is InChI=1S/2C17H14N.CH2.Zr/c2*1-11-7-8-15-14(9-11)17-13-6-4-3-5-12(13)10-16(17)18(15)2;;/h2*3-8H,10H2,1-2H3;1H2;/q2*-1;;+2. The SMILES string of the molecule is Cc1[c-]c2c3c(n(C)c2cc1)Cc1ccccc1-3.Cc1[c-]c2c3c(n(C)c2cc1)Cc1ccccc1-3.[CH2]=[Zr+2]. The molecule has 0 radical (unpaired) electrons. The van der Waals surface area contributed by atoms with Crippen molar-refractivity contribution >= 4 is 26.0 Å². The van der Waals surface area contributed by atoms with Crippen LogP contribution in [0.15, 0.2) is 72.8 Å². The van der Waals surface area contributed by atoms with Gasteiger partial charge in [0, 0.05) is 26.9 Å². The fraction of sp³-hybridized carbons (Fsp3) is 0.171. The molecule has 8 rings (SSSR count). The second-order valence-electron chi connectivity index (χ2n) is 10.2. The minimum atomic E-state index is 1.05. The molecule has 4 aromatic carbocycles. The summed E-state index contributed by atoms with van der Waals surface area (Å²) < 4.78 is 7.98. The van der Waals surface area contributed by atoms with Gasteiger partial charge in [0.15, 0.2) is 0 Å². The summed E-state index contributed by atoms with van der Waals surface area (Å²) >= 11 is 1.30. The van der Waals surface area contributed by atoms with Gasteiger partial charge in [0.2, 0.25) is 0 Å². The van der Waals surface area contributed by atoms with E-state index < -0.39 is 0 Å². The van der Waals surface area contributed by atoms with Gasteiger partial charge in [-0.05, 0) is 33.5 Å². The summed E-state index contributed by atoms with van der Waals surface area (Å²) in [5, 5.41) is 2.55. The summed E-state index contributed by atoms with van der Waals surface area (Å²) in [5.41, 5.74) is 16.3. The maximum absolute atomic E-state index is 3.53. The topological polar surface area (TPSA) is 9.86 Å². The summed E-state index contributed by atoms with van der Waals surface area (Å²) in [6.07, 6.45) is 2.09. The Morgan fingerprint density at radius 1 is 0.605 bits per heavy atom. The van der Waals surface area contributed by atoms with Crippen molar-refractivity contribution in [3.05, 3.63) is 119 Å². The molecule has 0 N–H and O–H groups in total. The molecule has 0 spiro atoms. The van der Waals surface area contributed by atoms with E-state index in [1.54, 1.807) is 0 Å². The molecule has 184 valence electrons. The van der Waals surface area contributed by atoms with Crippen LogP contribution in [0.25, 0.3) is 44.1 Å². The number of rotatable bonds is 0. The maximum atomic E-state index is 3.53. The third-order valence-corrected chi connectivity index (χ3v) is 8.04. The van der Waals surface area contributed by atoms with Crippen molar-refractivity contribution in [3.8, 4) is 22.3 Å². The third-order valence-electron chi connectivity index (χ3n) is 8.04. The van der Waals surface area contributed by atoms with E-state index in [0.29, 0.717) is 0 Å². The molecule has 38 heavy (non-hydrogen) atoms. The van der Waals surface area contributed by atoms with Crippen LogP contribution in [-0.4, -0.2) is 13.3 Å². The van der Waals surface area contributed by atoms with Crippen LogP contribution in [0.3, 0.4) is 0 Å². The molecular weight excluding hydrogens is 540 g/mol. The van der Waals surface area contributed by atoms with Gasteiger partial charge in [0.25, 0.3) is 0 Å². The first-order valence-electron chi connectivity index (χ1n) is 13.0. The van der Waals surface area contributed by atoms with E-state index in [4.69, 9.17) is 0 Å². The third kappa shape index (κ3) is 3.83. The van der Waals surface area contributed by atoms with Crippen molar-refractivity contribution in [2.75, 3.05) is 0 Å². The van der Waals surface area contributed by atoms with Gasteiger partial charge in [-0.15, -0.1) is 58.3 Å². The Morgan fingerprint density at radius 2 is 1.00 bits per heavy atom. The number of aromatic nitrogens is 2. The molecule has 2 nitrogen and oxygen atoms in total. The predicted octanol–water partition coefficient (Wildman–Crippen LogP) is 7.68. The first kappa shape index (κ1) is 25.0. The molecule has 0 unspecified atom stereocenters. The van der Waals surface area contributed by atoms with Gasteiger partial charge in [0.05, 0.1) is 0 Å². The Hall–Kier alpha value is -3.29. The van der Waals surface area contributed by atoms with Crippen molar-refractivity contribution in [2.45, 2.75) is 26.7 Å². The Morgan fingerprint density at radius 3 is 1.42 bits per heavy atom. The van der Waals surface area contributed by atoms with Crippen molar-refractivity contribution in [2.24, 2.45) is 14.1 Å². The normalized spacial score (nSPS) is 12.3. The molecule has 0 atom stereocenters. The van der Waals surface area contributed by atoms with E-state index in [1.165, 1.54) is 102 Å². The molecule has 3 heteroatoms. The van der Waals surface area contributed by atoms with Crippen molar-refractivity contribution < 1.29 is 24.2 Å². The van der Waals surface area contributed by atoms with Gasteiger partial charge in [-0.2, -0.15) is 0 Å². The van der Waals surface area contributed by atoms with E-state index in [1.807, 2.05) is 0 Å². The van der Waals surface area contributed by atoms with Gasteiger partial charge in [-0.1, -0.05) is 84.6 Å². The van der Waals surface area contributed by atoms with E-state index in [9.17, 15) is 0 Å². The molecule has 0 saturated carbocycles. The Bertz CT molecular complexity index is 1710. The molecule has 0 saturated heterocycles. The van der Waals surface area contributed by atoms with E-state index in [0.717, 1.165) is 12.8 Å². The van der Waals surface area contributed by atoms with E-state index >= 15 is 0 Å². The van der Waals surface area contributed by atoms with Gasteiger partial charge < -0.3 is 9.13 Å². The summed E-state index contributed by atoms with van der Waals surface area (Å²) in [6, 6.07) is 33.2. The zero-order valence-electron chi connectivity index (χ0n) is 22.4. The number of benzene rings is 4. The summed E-state index contributed by atoms with van der Waals surface area (Å²) in [7, 11) is 4.33. The molecule has 2 aliphatic rings. The Balaban J connectivity index is 0.000000131. The van der Waals surface area contributed by atoms with Crippen LogP contribution in [0.5, 0.6) is 0 Å². The van der Waals surface area contributed by atoms with Crippen molar-refractivity contribution in [1.82, 2.24) is 9.13 Å². The first-order valence-corrected chi connectivity index (χ1v) is 14.8. The summed E-state index contributed by atoms with van der Waals surface area (Å²) in [4.78, 5) is 0. The second-order valence-corrected chi connectivity index (χ2v) is 10.2. The minimum absolute atomic E-state index is 1.05. The van der Waals surface area contributed by atoms with Crippen LogP contribution >= 0.6 is 0 Å². The number of hydrogen-bond donors (Lipinski definition) is 0. The van der Waals surface area contributed by atoms with Gasteiger partial charge in [0.1, 0.15) is 0 Å². The van der Waals surface area contributed by atoms with Crippen LogP contribution < -0.4 is 0 Å². The van der Waals surface area contributed by atoms with Crippen LogP contribution in [0, 0.1) is 26.0 Å². The quantitative estimate of drug-likeness (QED) is 0.166. The zero-order valence-corrected chi connectivity index (χ0v) is 24.9. The molecule has 0 amide bonds. The average Bonchev–Trinajstić information content (AvgIpc) is 3.65. The van der Waals surface area contributed by atoms with Crippen LogP contribution in [0.2, 0.25) is 0 Å². The number of aryl methyl sites for hydroxylation is 4. The molecule has 0 fully saturated rings. The molecule has 2 aromatic heterocycles. The van der Waals surface area contributed by atoms with Crippen molar-refractivity contribution in [3.63, 3.8) is 0 Å². The van der Waals surface area contributed by atoms with Gasteiger partial charge in [-0.3, -0.25) is 0 Å². The molecule has 0 aliphatic heterocycles. The van der Waals surface area contributed by atoms with Crippen LogP contribution in [0.4, 0.5) is 0 Å². The van der Waals surface area contributed by atoms with Crippen LogP contribution in [0.1, 0.15) is 33.6 Å². The Kier molecular flexibility index (Phi) is 6.44. The average molecular weight is 570 g/mol. The summed E-state index contributed by atoms with van der Waals surface area (Å²) in [5.74, 6) is 0. The number of fused-ring (bicyclic) bond motifs is 10. The molecule has 2 heterocycles. The fourth-order valence-electron chi connectivity index (χ4n) is 6.23. The van der Waals surface area contributed by atoms with Gasteiger partial charge in [-0.25, -0.2) is 0 Å². The number of hydrogen-bond acceptors (Lipinski definition) is 0. The zero-order chi connectivity index (χ0) is 26.6. The molecule has 0 bridgehead atoms. The van der Waals surface area contributed by atoms with Crippen molar-refractivity contribution in [1.29, 1.82) is 0 Å². The monoisotopic (exact) mass is 568 g/mol. The van der Waals surface area contributed by atoms with E-state index in [-0.39, 0.29) is 0 Å². The Labute approximate surface area is 239 Å². The second kappa shape index (κ2) is 9.79. The molecule has 2 aliphatic carbocycles. The fourth-order valence-corrected chi connectivity index (χ4v) is 6.23. The molecular formula is C35H30N2Zr.